The number of carbonyl (C=O) groups is 1. The zero-order chi connectivity index (χ0) is 35.7. The molecule has 4 aromatic rings. The van der Waals surface area contributed by atoms with Gasteiger partial charge in [0.1, 0.15) is 36.2 Å². The van der Waals surface area contributed by atoms with E-state index in [0.29, 0.717) is 24.3 Å². The Morgan fingerprint density at radius 1 is 1.12 bits per heavy atom. The number of terminal acetylenes is 1. The van der Waals surface area contributed by atoms with Crippen LogP contribution in [0, 0.1) is 29.8 Å². The fourth-order valence-corrected chi connectivity index (χ4v) is 9.01. The average molecular weight is 699 g/mol. The first-order valence-corrected chi connectivity index (χ1v) is 17.6. The molecule has 2 unspecified atom stereocenters. The molecule has 0 aliphatic carbocycles. The Labute approximate surface area is 295 Å². The standard InChI is InChI=1S/C39H41F3N6O3/c1-5-26-29(40)11-10-23-8-6-9-27(31(23)26)32-30(41)18-28-34(33(32)42)43-36(44-35(28)47-19-24-12-15-38(2,21-47)45-24)51-22-39-14-7-17-48(39)25(13-16-39)20-50-37(49)46(3)4/h1,6,8-11,18,24-25,45H,7,12-17,19-22H2,2-4H3/t24-,25?,38+,39?/m1/s1. The van der Waals surface area contributed by atoms with Crippen molar-refractivity contribution in [2.45, 2.75) is 68.6 Å². The first kappa shape index (κ1) is 33.5. The number of fused-ring (bicyclic) bond motifs is 5. The minimum absolute atomic E-state index is 0.00183. The van der Waals surface area contributed by atoms with Crippen LogP contribution in [-0.4, -0.2) is 96.0 Å². The minimum atomic E-state index is -0.896. The number of halogens is 3. The Morgan fingerprint density at radius 3 is 2.75 bits per heavy atom. The first-order chi connectivity index (χ1) is 24.5. The van der Waals surface area contributed by atoms with Crippen molar-refractivity contribution in [3.8, 4) is 29.5 Å². The molecule has 0 saturated carbocycles. The van der Waals surface area contributed by atoms with Crippen LogP contribution < -0.4 is 15.0 Å². The molecular weight excluding hydrogens is 657 g/mol. The number of piperazine rings is 1. The molecule has 266 valence electrons. The third-order valence-corrected chi connectivity index (χ3v) is 11.4. The molecule has 4 saturated heterocycles. The highest BCUT2D eigenvalue weighted by Crippen LogP contribution is 2.44. The van der Waals surface area contributed by atoms with E-state index in [9.17, 15) is 9.18 Å². The van der Waals surface area contributed by atoms with Gasteiger partial charge in [0.15, 0.2) is 5.82 Å². The van der Waals surface area contributed by atoms with Gasteiger partial charge < -0.3 is 24.6 Å². The van der Waals surface area contributed by atoms with Gasteiger partial charge in [0, 0.05) is 55.6 Å². The summed E-state index contributed by atoms with van der Waals surface area (Å²) in [5, 5.41) is 4.72. The molecule has 4 atom stereocenters. The quantitative estimate of drug-likeness (QED) is 0.227. The third-order valence-electron chi connectivity index (χ3n) is 11.4. The molecule has 1 amide bonds. The lowest BCUT2D eigenvalue weighted by molar-refractivity contribution is 0.0484. The molecule has 5 heterocycles. The Hall–Kier alpha value is -4.60. The van der Waals surface area contributed by atoms with Crippen LogP contribution in [0.3, 0.4) is 0 Å². The maximum absolute atomic E-state index is 17.0. The number of rotatable bonds is 7. The molecule has 8 rings (SSSR count). The van der Waals surface area contributed by atoms with Gasteiger partial charge in [-0.25, -0.2) is 18.0 Å². The maximum atomic E-state index is 17.0. The van der Waals surface area contributed by atoms with Gasteiger partial charge in [-0.2, -0.15) is 9.97 Å². The van der Waals surface area contributed by atoms with E-state index < -0.39 is 17.5 Å². The summed E-state index contributed by atoms with van der Waals surface area (Å²) in [6, 6.07) is 9.30. The zero-order valence-electron chi connectivity index (χ0n) is 29.1. The van der Waals surface area contributed by atoms with Crippen LogP contribution in [0.15, 0.2) is 36.4 Å². The summed E-state index contributed by atoms with van der Waals surface area (Å²) >= 11 is 0. The van der Waals surface area contributed by atoms with Crippen molar-refractivity contribution in [1.82, 2.24) is 25.1 Å². The molecule has 12 heteroatoms. The van der Waals surface area contributed by atoms with Crippen LogP contribution >= 0.6 is 0 Å². The van der Waals surface area contributed by atoms with Gasteiger partial charge in [0.25, 0.3) is 0 Å². The summed E-state index contributed by atoms with van der Waals surface area (Å²) in [5.41, 5.74) is -0.830. The topological polar surface area (TPSA) is 83.1 Å². The van der Waals surface area contributed by atoms with E-state index in [1.165, 1.54) is 17.0 Å². The highest BCUT2D eigenvalue weighted by molar-refractivity contribution is 6.03. The summed E-state index contributed by atoms with van der Waals surface area (Å²) in [6.07, 6.45) is 10.8. The van der Waals surface area contributed by atoms with Crippen molar-refractivity contribution < 1.29 is 27.4 Å². The molecule has 0 radical (unpaired) electrons. The molecule has 4 aliphatic rings. The number of aromatic nitrogens is 2. The Balaban J connectivity index is 1.20. The van der Waals surface area contributed by atoms with Crippen molar-refractivity contribution in [2.75, 3.05) is 51.8 Å². The number of hydrogen-bond acceptors (Lipinski definition) is 8. The van der Waals surface area contributed by atoms with Gasteiger partial charge in [-0.15, -0.1) is 6.42 Å². The number of carbonyl (C=O) groups excluding carboxylic acids is 1. The molecule has 4 aliphatic heterocycles. The van der Waals surface area contributed by atoms with Gasteiger partial charge >= 0.3 is 12.1 Å². The second-order valence-corrected chi connectivity index (χ2v) is 15.0. The number of anilines is 1. The van der Waals surface area contributed by atoms with E-state index in [1.54, 1.807) is 38.4 Å². The number of nitrogens with zero attached hydrogens (tertiary/aromatic N) is 5. The molecule has 1 N–H and O–H groups in total. The smallest absolute Gasteiger partial charge is 0.409 e. The number of nitrogens with one attached hydrogen (secondary N) is 1. The normalized spacial score (nSPS) is 25.7. The van der Waals surface area contributed by atoms with E-state index in [1.807, 2.05) is 0 Å². The van der Waals surface area contributed by atoms with E-state index in [4.69, 9.17) is 20.9 Å². The predicted octanol–water partition coefficient (Wildman–Crippen LogP) is 6.25. The van der Waals surface area contributed by atoms with E-state index in [2.05, 4.69) is 32.9 Å². The van der Waals surface area contributed by atoms with Gasteiger partial charge in [-0.05, 0) is 75.1 Å². The SMILES string of the molecule is C#Cc1c(F)ccc2cccc(-c3c(F)cc4c(N5C[C@H]6CC[C@@](C)(C5)N6)nc(OCC56CCCN5C(COC(=O)N(C)C)CC6)nc4c3F)c12. The van der Waals surface area contributed by atoms with Gasteiger partial charge in [-0.3, -0.25) is 4.90 Å². The lowest BCUT2D eigenvalue weighted by Crippen LogP contribution is -2.58. The third kappa shape index (κ3) is 5.71. The fourth-order valence-electron chi connectivity index (χ4n) is 9.01. The highest BCUT2D eigenvalue weighted by atomic mass is 19.1. The lowest BCUT2D eigenvalue weighted by Gasteiger charge is -2.40. The second-order valence-electron chi connectivity index (χ2n) is 15.0. The number of hydrogen-bond donors (Lipinski definition) is 1. The van der Waals surface area contributed by atoms with Crippen LogP contribution in [0.25, 0.3) is 32.8 Å². The largest absolute Gasteiger partial charge is 0.461 e. The van der Waals surface area contributed by atoms with E-state index >= 15 is 8.78 Å². The highest BCUT2D eigenvalue weighted by Gasteiger charge is 2.50. The molecule has 9 nitrogen and oxygen atoms in total. The Kier molecular flexibility index (Phi) is 8.26. The van der Waals surface area contributed by atoms with Gasteiger partial charge in [0.05, 0.1) is 16.7 Å². The van der Waals surface area contributed by atoms with Crippen LogP contribution in [0.5, 0.6) is 6.01 Å². The van der Waals surface area contributed by atoms with Crippen molar-refractivity contribution >= 4 is 33.6 Å². The second kappa shape index (κ2) is 12.6. The number of ether oxygens (including phenoxy) is 2. The number of amides is 1. The lowest BCUT2D eigenvalue weighted by atomic mass is 9.93. The molecule has 3 aromatic carbocycles. The van der Waals surface area contributed by atoms with Gasteiger partial charge in [0.2, 0.25) is 0 Å². The minimum Gasteiger partial charge on any atom is -0.461 e. The summed E-state index contributed by atoms with van der Waals surface area (Å²) in [4.78, 5) is 27.5. The summed E-state index contributed by atoms with van der Waals surface area (Å²) in [5.74, 6) is 0.420. The molecule has 4 fully saturated rings. The van der Waals surface area contributed by atoms with Crippen molar-refractivity contribution in [1.29, 1.82) is 0 Å². The summed E-state index contributed by atoms with van der Waals surface area (Å²) < 4.78 is 60.3. The van der Waals surface area contributed by atoms with Crippen LogP contribution in [0.1, 0.15) is 51.0 Å². The Bertz CT molecular complexity index is 2100. The van der Waals surface area contributed by atoms with Crippen LogP contribution in [-0.2, 0) is 4.74 Å². The predicted molar refractivity (Wildman–Crippen MR) is 189 cm³/mol. The van der Waals surface area contributed by atoms with E-state index in [-0.39, 0.29) is 81.5 Å². The molecule has 0 spiro atoms. The molecule has 2 bridgehead atoms. The monoisotopic (exact) mass is 698 g/mol. The summed E-state index contributed by atoms with van der Waals surface area (Å²) in [7, 11) is 3.32. The number of benzene rings is 3. The van der Waals surface area contributed by atoms with Crippen LogP contribution in [0.4, 0.5) is 23.8 Å². The molecule has 1 aromatic heterocycles. The van der Waals surface area contributed by atoms with Crippen LogP contribution in [0.2, 0.25) is 0 Å². The van der Waals surface area contributed by atoms with Crippen molar-refractivity contribution in [3.05, 3.63) is 59.4 Å². The first-order valence-electron chi connectivity index (χ1n) is 17.6. The maximum Gasteiger partial charge on any atom is 0.409 e. The van der Waals surface area contributed by atoms with E-state index in [0.717, 1.165) is 45.1 Å². The van der Waals surface area contributed by atoms with Crippen molar-refractivity contribution in [2.24, 2.45) is 0 Å². The Morgan fingerprint density at radius 2 is 1.96 bits per heavy atom. The molecular formula is C39H41F3N6O3. The fraction of sp³-hybridized carbons (Fsp3) is 0.462. The summed E-state index contributed by atoms with van der Waals surface area (Å²) in [6.45, 7) is 4.77. The average Bonchev–Trinajstić information content (AvgIpc) is 3.76. The van der Waals surface area contributed by atoms with Gasteiger partial charge in [-0.1, -0.05) is 30.2 Å². The van der Waals surface area contributed by atoms with Crippen molar-refractivity contribution in [3.63, 3.8) is 0 Å². The zero-order valence-corrected chi connectivity index (χ0v) is 29.1. The molecule has 51 heavy (non-hydrogen) atoms.